The van der Waals surface area contributed by atoms with Gasteiger partial charge in [-0.25, -0.2) is 0 Å². The second-order valence-electron chi connectivity index (χ2n) is 4.53. The Bertz CT molecular complexity index is 425. The first kappa shape index (κ1) is 13.0. The lowest BCUT2D eigenvalue weighted by atomic mass is 10.1. The number of rotatable bonds is 7. The molecule has 3 heteroatoms. The molecule has 1 aliphatic carbocycles. The maximum absolute atomic E-state index is 5.51. The smallest absolute Gasteiger partial charge is 0.119 e. The highest BCUT2D eigenvalue weighted by molar-refractivity contribution is 5.63. The van der Waals surface area contributed by atoms with Gasteiger partial charge in [-0.15, -0.1) is 0 Å². The Morgan fingerprint density at radius 2 is 2.22 bits per heavy atom. The summed E-state index contributed by atoms with van der Waals surface area (Å²) in [4.78, 5) is 0. The third-order valence-corrected chi connectivity index (χ3v) is 3.09. The monoisotopic (exact) mass is 247 g/mol. The summed E-state index contributed by atoms with van der Waals surface area (Å²) < 4.78 is 10.8. The summed E-state index contributed by atoms with van der Waals surface area (Å²) >= 11 is 0. The van der Waals surface area contributed by atoms with Gasteiger partial charge < -0.3 is 14.8 Å². The highest BCUT2D eigenvalue weighted by Crippen LogP contribution is 2.26. The number of ether oxygens (including phenoxy) is 2. The van der Waals surface area contributed by atoms with Crippen molar-refractivity contribution in [3.05, 3.63) is 35.9 Å². The van der Waals surface area contributed by atoms with Crippen LogP contribution < -0.4 is 10.1 Å². The second-order valence-corrected chi connectivity index (χ2v) is 4.53. The molecule has 1 aliphatic rings. The summed E-state index contributed by atoms with van der Waals surface area (Å²) in [5, 5.41) is 3.51. The van der Waals surface area contributed by atoms with Gasteiger partial charge in [-0.3, -0.25) is 0 Å². The molecule has 1 saturated carbocycles. The first-order valence-electron chi connectivity index (χ1n) is 6.47. The summed E-state index contributed by atoms with van der Waals surface area (Å²) in [7, 11) is 1.67. The Balaban J connectivity index is 2.16. The van der Waals surface area contributed by atoms with E-state index >= 15 is 0 Å². The Morgan fingerprint density at radius 3 is 2.83 bits per heavy atom. The van der Waals surface area contributed by atoms with Gasteiger partial charge in [-0.05, 0) is 37.5 Å². The van der Waals surface area contributed by atoms with Crippen LogP contribution in [0.25, 0.3) is 5.76 Å². The van der Waals surface area contributed by atoms with Crippen LogP contribution in [0.3, 0.4) is 0 Å². The number of hydrogen-bond donors (Lipinski definition) is 1. The lowest BCUT2D eigenvalue weighted by Crippen LogP contribution is -2.16. The molecule has 2 rings (SSSR count). The molecule has 1 N–H and O–H groups in total. The van der Waals surface area contributed by atoms with Crippen molar-refractivity contribution < 1.29 is 9.47 Å². The van der Waals surface area contributed by atoms with Gasteiger partial charge in [0.05, 0.1) is 13.7 Å². The molecule has 98 valence electrons. The Morgan fingerprint density at radius 1 is 1.44 bits per heavy atom. The first-order chi connectivity index (χ1) is 8.74. The number of hydrogen-bond acceptors (Lipinski definition) is 3. The van der Waals surface area contributed by atoms with E-state index < -0.39 is 0 Å². The van der Waals surface area contributed by atoms with E-state index in [1.54, 1.807) is 7.11 Å². The zero-order valence-corrected chi connectivity index (χ0v) is 11.2. The minimum Gasteiger partial charge on any atom is -0.497 e. The van der Waals surface area contributed by atoms with Crippen molar-refractivity contribution in [1.29, 1.82) is 0 Å². The third-order valence-electron chi connectivity index (χ3n) is 3.09. The molecule has 1 fully saturated rings. The van der Waals surface area contributed by atoms with Gasteiger partial charge in [0.25, 0.3) is 0 Å². The van der Waals surface area contributed by atoms with Crippen molar-refractivity contribution in [2.75, 3.05) is 13.7 Å². The molecule has 0 saturated heterocycles. The molecule has 1 aromatic rings. The van der Waals surface area contributed by atoms with Gasteiger partial charge in [0.2, 0.25) is 0 Å². The maximum atomic E-state index is 5.51. The zero-order chi connectivity index (χ0) is 13.0. The Hall–Kier alpha value is -1.48. The molecule has 3 nitrogen and oxygen atoms in total. The average molecular weight is 247 g/mol. The SMILES string of the molecule is C=C(OCC)c1cc(OC)ccc1CNC1CC1. The number of benzene rings is 1. The van der Waals surface area contributed by atoms with Gasteiger partial charge in [-0.2, -0.15) is 0 Å². The van der Waals surface area contributed by atoms with E-state index in [0.717, 1.165) is 17.9 Å². The molecule has 0 radical (unpaired) electrons. The van der Waals surface area contributed by atoms with Crippen LogP contribution in [0.4, 0.5) is 0 Å². The Labute approximate surface area is 109 Å². The molecule has 0 unspecified atom stereocenters. The fourth-order valence-electron chi connectivity index (χ4n) is 1.89. The molecule has 0 aliphatic heterocycles. The standard InChI is InChI=1S/C15H21NO2/c1-4-18-11(2)15-9-14(17-3)8-5-12(15)10-16-13-6-7-13/h5,8-9,13,16H,2,4,6-7,10H2,1,3H3. The molecule has 1 aromatic carbocycles. The van der Waals surface area contributed by atoms with E-state index in [2.05, 4.69) is 18.0 Å². The quantitative estimate of drug-likeness (QED) is 0.751. The van der Waals surface area contributed by atoms with Crippen molar-refractivity contribution in [3.63, 3.8) is 0 Å². The average Bonchev–Trinajstić information content (AvgIpc) is 3.20. The van der Waals surface area contributed by atoms with E-state index in [9.17, 15) is 0 Å². The summed E-state index contributed by atoms with van der Waals surface area (Å²) in [6.07, 6.45) is 2.58. The molecular formula is C15H21NO2. The molecule has 0 bridgehead atoms. The van der Waals surface area contributed by atoms with Crippen LogP contribution in [0.1, 0.15) is 30.9 Å². The van der Waals surface area contributed by atoms with E-state index in [-0.39, 0.29) is 0 Å². The second kappa shape index (κ2) is 5.91. The van der Waals surface area contributed by atoms with Gasteiger partial charge in [0, 0.05) is 18.2 Å². The largest absolute Gasteiger partial charge is 0.497 e. The van der Waals surface area contributed by atoms with Crippen LogP contribution in [-0.2, 0) is 11.3 Å². The molecule has 0 aromatic heterocycles. The van der Waals surface area contributed by atoms with E-state index in [1.807, 2.05) is 19.1 Å². The fourth-order valence-corrected chi connectivity index (χ4v) is 1.89. The van der Waals surface area contributed by atoms with Crippen molar-refractivity contribution in [2.45, 2.75) is 32.4 Å². The first-order valence-corrected chi connectivity index (χ1v) is 6.47. The molecule has 18 heavy (non-hydrogen) atoms. The minimum atomic E-state index is 0.630. The molecular weight excluding hydrogens is 226 g/mol. The normalized spacial score (nSPS) is 14.3. The van der Waals surface area contributed by atoms with Crippen LogP contribution in [0, 0.1) is 0 Å². The van der Waals surface area contributed by atoms with Crippen molar-refractivity contribution in [1.82, 2.24) is 5.32 Å². The predicted octanol–water partition coefficient (Wildman–Crippen LogP) is 2.95. The predicted molar refractivity (Wildman–Crippen MR) is 73.5 cm³/mol. The highest BCUT2D eigenvalue weighted by atomic mass is 16.5. The molecule has 0 spiro atoms. The van der Waals surface area contributed by atoms with E-state index in [4.69, 9.17) is 9.47 Å². The number of nitrogens with one attached hydrogen (secondary N) is 1. The van der Waals surface area contributed by atoms with Crippen LogP contribution in [0.5, 0.6) is 5.75 Å². The van der Waals surface area contributed by atoms with Crippen LogP contribution in [0.2, 0.25) is 0 Å². The third kappa shape index (κ3) is 3.26. The summed E-state index contributed by atoms with van der Waals surface area (Å²) in [5.74, 6) is 1.55. The number of methoxy groups -OCH3 is 1. The summed E-state index contributed by atoms with van der Waals surface area (Å²) in [6.45, 7) is 7.44. The molecule has 0 amide bonds. The zero-order valence-electron chi connectivity index (χ0n) is 11.2. The lowest BCUT2D eigenvalue weighted by Gasteiger charge is -2.14. The highest BCUT2D eigenvalue weighted by Gasteiger charge is 2.20. The Kier molecular flexibility index (Phi) is 4.26. The molecule has 0 heterocycles. The van der Waals surface area contributed by atoms with Gasteiger partial charge in [-0.1, -0.05) is 12.6 Å². The maximum Gasteiger partial charge on any atom is 0.119 e. The minimum absolute atomic E-state index is 0.630. The fraction of sp³-hybridized carbons (Fsp3) is 0.467. The van der Waals surface area contributed by atoms with Gasteiger partial charge in [0.15, 0.2) is 0 Å². The topological polar surface area (TPSA) is 30.5 Å². The van der Waals surface area contributed by atoms with E-state index in [1.165, 1.54) is 18.4 Å². The van der Waals surface area contributed by atoms with E-state index in [0.29, 0.717) is 18.4 Å². The van der Waals surface area contributed by atoms with Crippen LogP contribution in [0.15, 0.2) is 24.8 Å². The van der Waals surface area contributed by atoms with Gasteiger partial charge in [0.1, 0.15) is 11.5 Å². The van der Waals surface area contributed by atoms with Crippen LogP contribution in [-0.4, -0.2) is 19.8 Å². The summed E-state index contributed by atoms with van der Waals surface area (Å²) in [6, 6.07) is 6.74. The lowest BCUT2D eigenvalue weighted by molar-refractivity contribution is 0.298. The van der Waals surface area contributed by atoms with Crippen LogP contribution >= 0.6 is 0 Å². The van der Waals surface area contributed by atoms with Crippen molar-refractivity contribution in [3.8, 4) is 5.75 Å². The van der Waals surface area contributed by atoms with Crippen molar-refractivity contribution in [2.24, 2.45) is 0 Å². The summed E-state index contributed by atoms with van der Waals surface area (Å²) in [5.41, 5.74) is 2.24. The van der Waals surface area contributed by atoms with Gasteiger partial charge >= 0.3 is 0 Å². The molecule has 0 atom stereocenters. The van der Waals surface area contributed by atoms with Crippen molar-refractivity contribution >= 4 is 5.76 Å².